The van der Waals surface area contributed by atoms with Gasteiger partial charge in [-0.25, -0.2) is 0 Å². The van der Waals surface area contributed by atoms with Gasteiger partial charge in [-0.1, -0.05) is 35.5 Å². The predicted molar refractivity (Wildman–Crippen MR) is 119 cm³/mol. The maximum atomic E-state index is 12.6. The van der Waals surface area contributed by atoms with Crippen molar-refractivity contribution in [3.05, 3.63) is 60.0 Å². The highest BCUT2D eigenvalue weighted by molar-refractivity contribution is 7.98. The third-order valence-electron chi connectivity index (χ3n) is 5.51. The molecule has 0 bridgehead atoms. The molecule has 156 valence electrons. The Morgan fingerprint density at radius 2 is 2.00 bits per heavy atom. The smallest absolute Gasteiger partial charge is 0.241 e. The lowest BCUT2D eigenvalue weighted by Gasteiger charge is -2.30. The number of amides is 1. The first-order valence-corrected chi connectivity index (χ1v) is 11.4. The van der Waals surface area contributed by atoms with E-state index in [0.717, 1.165) is 47.6 Å². The maximum absolute atomic E-state index is 12.6. The molecule has 6 nitrogen and oxygen atoms in total. The van der Waals surface area contributed by atoms with Crippen LogP contribution in [0, 0.1) is 12.8 Å². The van der Waals surface area contributed by atoms with Crippen LogP contribution in [0.15, 0.2) is 57.9 Å². The molecular weight excluding hydrogens is 396 g/mol. The minimum atomic E-state index is 0.0319. The Bertz CT molecular complexity index is 1010. The van der Waals surface area contributed by atoms with E-state index < -0.39 is 0 Å². The van der Waals surface area contributed by atoms with Gasteiger partial charge in [0.25, 0.3) is 0 Å². The average Bonchev–Trinajstić information content (AvgIpc) is 3.23. The first-order chi connectivity index (χ1) is 14.6. The van der Waals surface area contributed by atoms with Gasteiger partial charge in [0.05, 0.1) is 6.54 Å². The Labute approximate surface area is 181 Å². The summed E-state index contributed by atoms with van der Waals surface area (Å²) in [5.41, 5.74) is 2.98. The molecule has 2 heterocycles. The third kappa shape index (κ3) is 4.91. The van der Waals surface area contributed by atoms with Crippen LogP contribution in [0.5, 0.6) is 0 Å². The van der Waals surface area contributed by atoms with Crippen LogP contribution in [0.2, 0.25) is 0 Å². The zero-order valence-corrected chi connectivity index (χ0v) is 18.1. The Morgan fingerprint density at radius 3 is 2.77 bits per heavy atom. The molecule has 1 aromatic heterocycles. The number of aromatic nitrogens is 2. The molecule has 30 heavy (non-hydrogen) atoms. The fourth-order valence-corrected chi connectivity index (χ4v) is 4.20. The summed E-state index contributed by atoms with van der Waals surface area (Å²) in [5.74, 6) is 1.38. The molecule has 2 aromatic carbocycles. The number of nitrogens with zero attached hydrogens (tertiary/aromatic N) is 3. The lowest BCUT2D eigenvalue weighted by molar-refractivity contribution is -0.121. The van der Waals surface area contributed by atoms with Crippen molar-refractivity contribution in [3.63, 3.8) is 0 Å². The van der Waals surface area contributed by atoms with E-state index in [2.05, 4.69) is 20.4 Å². The molecule has 1 fully saturated rings. The quantitative estimate of drug-likeness (QED) is 0.585. The van der Waals surface area contributed by atoms with E-state index >= 15 is 0 Å². The highest BCUT2D eigenvalue weighted by Gasteiger charge is 2.26. The molecule has 0 unspecified atom stereocenters. The van der Waals surface area contributed by atoms with Gasteiger partial charge in [0.15, 0.2) is 0 Å². The fraction of sp³-hybridized carbons (Fsp3) is 0.348. The summed E-state index contributed by atoms with van der Waals surface area (Å²) < 4.78 is 5.47. The molecule has 1 amide bonds. The van der Waals surface area contributed by atoms with E-state index in [9.17, 15) is 4.79 Å². The van der Waals surface area contributed by atoms with Gasteiger partial charge in [0, 0.05) is 22.1 Å². The first kappa shape index (κ1) is 20.6. The summed E-state index contributed by atoms with van der Waals surface area (Å²) in [4.78, 5) is 20.6. The second-order valence-electron chi connectivity index (χ2n) is 7.60. The van der Waals surface area contributed by atoms with Crippen LogP contribution < -0.4 is 5.32 Å². The zero-order chi connectivity index (χ0) is 20.9. The summed E-state index contributed by atoms with van der Waals surface area (Å²) in [6.07, 6.45) is 3.68. The van der Waals surface area contributed by atoms with Gasteiger partial charge in [0.2, 0.25) is 17.6 Å². The summed E-state index contributed by atoms with van der Waals surface area (Å²) in [5, 5.41) is 7.20. The van der Waals surface area contributed by atoms with Gasteiger partial charge in [-0.2, -0.15) is 4.98 Å². The number of hydrogen-bond acceptors (Lipinski definition) is 6. The molecule has 1 aliphatic rings. The summed E-state index contributed by atoms with van der Waals surface area (Å²) in [7, 11) is 0. The molecule has 4 rings (SSSR count). The lowest BCUT2D eigenvalue weighted by Crippen LogP contribution is -2.37. The standard InChI is InChI=1S/C23H26N4O2S/c1-16-6-3-4-9-20(16)22-25-21(29-26-22)15-27-12-10-17(11-13-27)23(28)24-18-7-5-8-19(14-18)30-2/h3-9,14,17H,10-13,15H2,1-2H3,(H,24,28). The van der Waals surface area contributed by atoms with Gasteiger partial charge in [-0.05, 0) is 62.9 Å². The van der Waals surface area contributed by atoms with E-state index in [1.54, 1.807) is 11.8 Å². The number of nitrogens with one attached hydrogen (secondary N) is 1. The molecule has 0 spiro atoms. The largest absolute Gasteiger partial charge is 0.338 e. The number of carbonyl (C=O) groups is 1. The number of hydrogen-bond donors (Lipinski definition) is 1. The molecule has 7 heteroatoms. The van der Waals surface area contributed by atoms with Crippen molar-refractivity contribution in [3.8, 4) is 11.4 Å². The Morgan fingerprint density at radius 1 is 1.20 bits per heavy atom. The summed E-state index contributed by atoms with van der Waals surface area (Å²) >= 11 is 1.67. The molecule has 0 atom stereocenters. The first-order valence-electron chi connectivity index (χ1n) is 10.2. The second-order valence-corrected chi connectivity index (χ2v) is 8.48. The number of carbonyl (C=O) groups excluding carboxylic acids is 1. The topological polar surface area (TPSA) is 71.3 Å². The summed E-state index contributed by atoms with van der Waals surface area (Å²) in [6, 6.07) is 16.0. The van der Waals surface area contributed by atoms with Crippen molar-refractivity contribution in [2.75, 3.05) is 24.7 Å². The Kier molecular flexibility index (Phi) is 6.50. The van der Waals surface area contributed by atoms with Crippen LogP contribution in [0.3, 0.4) is 0 Å². The van der Waals surface area contributed by atoms with Crippen molar-refractivity contribution < 1.29 is 9.32 Å². The molecule has 1 N–H and O–H groups in total. The van der Waals surface area contributed by atoms with E-state index in [1.165, 1.54) is 0 Å². The Balaban J connectivity index is 1.29. The van der Waals surface area contributed by atoms with Gasteiger partial charge in [0.1, 0.15) is 0 Å². The second kappa shape index (κ2) is 9.45. The minimum absolute atomic E-state index is 0.0319. The number of thioether (sulfide) groups is 1. The van der Waals surface area contributed by atoms with Crippen LogP contribution >= 0.6 is 11.8 Å². The molecule has 1 aliphatic heterocycles. The van der Waals surface area contributed by atoms with Crippen molar-refractivity contribution in [2.45, 2.75) is 31.2 Å². The third-order valence-corrected chi connectivity index (χ3v) is 6.23. The molecule has 3 aromatic rings. The van der Waals surface area contributed by atoms with Gasteiger partial charge >= 0.3 is 0 Å². The minimum Gasteiger partial charge on any atom is -0.338 e. The van der Waals surface area contributed by atoms with Gasteiger partial charge < -0.3 is 9.84 Å². The van der Waals surface area contributed by atoms with Crippen LogP contribution in [-0.2, 0) is 11.3 Å². The number of anilines is 1. The molecule has 0 saturated carbocycles. The van der Waals surface area contributed by atoms with Crippen LogP contribution in [0.4, 0.5) is 5.69 Å². The van der Waals surface area contributed by atoms with Crippen LogP contribution in [-0.4, -0.2) is 40.3 Å². The molecule has 0 aliphatic carbocycles. The SMILES string of the molecule is CSc1cccc(NC(=O)C2CCN(Cc3nc(-c4ccccc4C)no3)CC2)c1. The molecule has 1 saturated heterocycles. The summed E-state index contributed by atoms with van der Waals surface area (Å²) in [6.45, 7) is 4.33. The number of benzene rings is 2. The molecule has 0 radical (unpaired) electrons. The van der Waals surface area contributed by atoms with Crippen molar-refractivity contribution in [2.24, 2.45) is 5.92 Å². The lowest BCUT2D eigenvalue weighted by atomic mass is 9.96. The van der Waals surface area contributed by atoms with E-state index in [-0.39, 0.29) is 11.8 Å². The highest BCUT2D eigenvalue weighted by Crippen LogP contribution is 2.24. The van der Waals surface area contributed by atoms with Crippen molar-refractivity contribution in [1.29, 1.82) is 0 Å². The van der Waals surface area contributed by atoms with E-state index in [1.807, 2.05) is 61.7 Å². The predicted octanol–water partition coefficient (Wildman–Crippen LogP) is 4.62. The van der Waals surface area contributed by atoms with Gasteiger partial charge in [-0.3, -0.25) is 9.69 Å². The highest BCUT2D eigenvalue weighted by atomic mass is 32.2. The monoisotopic (exact) mass is 422 g/mol. The average molecular weight is 423 g/mol. The van der Waals surface area contributed by atoms with Gasteiger partial charge in [-0.15, -0.1) is 11.8 Å². The maximum Gasteiger partial charge on any atom is 0.241 e. The van der Waals surface area contributed by atoms with E-state index in [0.29, 0.717) is 18.3 Å². The van der Waals surface area contributed by atoms with Crippen molar-refractivity contribution >= 4 is 23.4 Å². The van der Waals surface area contributed by atoms with E-state index in [4.69, 9.17) is 4.52 Å². The van der Waals surface area contributed by atoms with Crippen LogP contribution in [0.25, 0.3) is 11.4 Å². The zero-order valence-electron chi connectivity index (χ0n) is 17.3. The normalized spacial score (nSPS) is 15.3. The number of aryl methyl sites for hydroxylation is 1. The number of piperidine rings is 1. The fourth-order valence-electron chi connectivity index (χ4n) is 3.74. The number of rotatable bonds is 6. The Hall–Kier alpha value is -2.64. The van der Waals surface area contributed by atoms with Crippen molar-refractivity contribution in [1.82, 2.24) is 15.0 Å². The molecular formula is C23H26N4O2S. The number of likely N-dealkylation sites (tertiary alicyclic amines) is 1. The van der Waals surface area contributed by atoms with Crippen LogP contribution in [0.1, 0.15) is 24.3 Å².